The first-order chi connectivity index (χ1) is 17.4. The molecule has 2 aliphatic rings. The highest BCUT2D eigenvalue weighted by Crippen LogP contribution is 2.44. The van der Waals surface area contributed by atoms with Crippen LogP contribution in [0.2, 0.25) is 0 Å². The lowest BCUT2D eigenvalue weighted by atomic mass is 9.95. The van der Waals surface area contributed by atoms with Crippen LogP contribution in [0.25, 0.3) is 11.1 Å². The lowest BCUT2D eigenvalue weighted by Gasteiger charge is -2.27. The third-order valence-corrected chi connectivity index (χ3v) is 6.87. The summed E-state index contributed by atoms with van der Waals surface area (Å²) in [4.78, 5) is 40.2. The maximum absolute atomic E-state index is 13.4. The monoisotopic (exact) mass is 508 g/mol. The van der Waals surface area contributed by atoms with E-state index in [1.807, 2.05) is 50.2 Å². The van der Waals surface area contributed by atoms with Gasteiger partial charge >= 0.3 is 18.0 Å². The van der Waals surface area contributed by atoms with E-state index in [4.69, 9.17) is 9.47 Å². The fraction of sp³-hybridized carbons (Fsp3) is 0.483. The van der Waals surface area contributed by atoms with Gasteiger partial charge in [-0.3, -0.25) is 9.69 Å². The van der Waals surface area contributed by atoms with Crippen molar-refractivity contribution in [3.05, 3.63) is 59.7 Å². The smallest absolute Gasteiger partial charge is 0.410 e. The molecule has 8 heteroatoms. The number of esters is 1. The average Bonchev–Trinajstić information content (AvgIpc) is 3.38. The molecule has 1 aliphatic carbocycles. The summed E-state index contributed by atoms with van der Waals surface area (Å²) in [5.41, 5.74) is 2.09. The van der Waals surface area contributed by atoms with Crippen LogP contribution in [-0.4, -0.2) is 64.9 Å². The first-order valence-corrected chi connectivity index (χ1v) is 12.7. The Hall–Kier alpha value is -3.39. The van der Waals surface area contributed by atoms with Crippen molar-refractivity contribution in [2.45, 2.75) is 64.1 Å². The molecule has 37 heavy (non-hydrogen) atoms. The van der Waals surface area contributed by atoms with E-state index in [0.717, 1.165) is 22.3 Å². The molecule has 1 aliphatic heterocycles. The van der Waals surface area contributed by atoms with Crippen molar-refractivity contribution in [2.75, 3.05) is 19.7 Å². The van der Waals surface area contributed by atoms with Crippen LogP contribution >= 0.6 is 0 Å². The predicted octanol–water partition coefficient (Wildman–Crippen LogP) is 4.42. The average molecular weight is 509 g/mol. The number of carbonyl (C=O) groups is 3. The topological polar surface area (TPSA) is 105 Å². The number of aliphatic carboxylic acids is 1. The number of nitrogens with zero attached hydrogens (tertiary/aromatic N) is 1. The van der Waals surface area contributed by atoms with Gasteiger partial charge in [-0.2, -0.15) is 0 Å². The summed E-state index contributed by atoms with van der Waals surface area (Å²) in [6.07, 6.45) is -0.832. The minimum absolute atomic E-state index is 0.0733. The van der Waals surface area contributed by atoms with Gasteiger partial charge in [0.05, 0.1) is 6.54 Å². The fourth-order valence-electron chi connectivity index (χ4n) is 5.11. The molecule has 1 fully saturated rings. The molecular formula is C29H36N2O6. The molecule has 0 radical (unpaired) electrons. The van der Waals surface area contributed by atoms with Crippen LogP contribution < -0.4 is 5.32 Å². The zero-order chi connectivity index (χ0) is 27.0. The van der Waals surface area contributed by atoms with E-state index in [-0.39, 0.29) is 31.4 Å². The van der Waals surface area contributed by atoms with E-state index in [1.165, 1.54) is 4.90 Å². The molecule has 2 unspecified atom stereocenters. The maximum Gasteiger partial charge on any atom is 0.410 e. The van der Waals surface area contributed by atoms with Crippen LogP contribution in [0, 0.1) is 5.92 Å². The van der Waals surface area contributed by atoms with Crippen molar-refractivity contribution < 1.29 is 29.0 Å². The second-order valence-electron chi connectivity index (χ2n) is 11.3. The SMILES string of the molecule is CC(C)CNC1(C(=O)O)CC(C(=O)OC(C)(C)C)N(C(=O)OCC2c3ccccc3-c3ccccc32)C1. The van der Waals surface area contributed by atoms with Crippen LogP contribution in [0.15, 0.2) is 48.5 Å². The molecule has 2 aromatic carbocycles. The highest BCUT2D eigenvalue weighted by molar-refractivity contribution is 5.88. The van der Waals surface area contributed by atoms with E-state index < -0.39 is 35.2 Å². The lowest BCUT2D eigenvalue weighted by molar-refractivity contribution is -0.159. The number of nitrogens with one attached hydrogen (secondary N) is 1. The summed E-state index contributed by atoms with van der Waals surface area (Å²) in [5, 5.41) is 13.2. The Morgan fingerprint density at radius 2 is 1.62 bits per heavy atom. The molecule has 198 valence electrons. The Kier molecular flexibility index (Phi) is 7.33. The maximum atomic E-state index is 13.4. The van der Waals surface area contributed by atoms with Gasteiger partial charge in [0.15, 0.2) is 0 Å². The van der Waals surface area contributed by atoms with E-state index in [1.54, 1.807) is 20.8 Å². The molecule has 0 spiro atoms. The van der Waals surface area contributed by atoms with Gasteiger partial charge in [-0.25, -0.2) is 9.59 Å². The summed E-state index contributed by atoms with van der Waals surface area (Å²) in [6, 6.07) is 15.0. The number of likely N-dealkylation sites (tertiary alicyclic amines) is 1. The number of carbonyl (C=O) groups excluding carboxylic acids is 2. The summed E-state index contributed by atoms with van der Waals surface area (Å²) < 4.78 is 11.4. The van der Waals surface area contributed by atoms with E-state index in [0.29, 0.717) is 6.54 Å². The summed E-state index contributed by atoms with van der Waals surface area (Å²) in [6.45, 7) is 9.43. The van der Waals surface area contributed by atoms with Gasteiger partial charge in [0, 0.05) is 12.3 Å². The first kappa shape index (κ1) is 26.7. The lowest BCUT2D eigenvalue weighted by Crippen LogP contribution is -2.55. The second-order valence-corrected chi connectivity index (χ2v) is 11.3. The third-order valence-electron chi connectivity index (χ3n) is 6.87. The molecule has 2 N–H and O–H groups in total. The Labute approximate surface area is 217 Å². The summed E-state index contributed by atoms with van der Waals surface area (Å²) in [7, 11) is 0. The second kappa shape index (κ2) is 10.2. The largest absolute Gasteiger partial charge is 0.480 e. The van der Waals surface area contributed by atoms with Crippen LogP contribution in [0.1, 0.15) is 58.1 Å². The highest BCUT2D eigenvalue weighted by atomic mass is 16.6. The number of hydrogen-bond acceptors (Lipinski definition) is 6. The zero-order valence-corrected chi connectivity index (χ0v) is 22.1. The number of carboxylic acid groups (broad SMARTS) is 1. The Balaban J connectivity index is 1.57. The number of amides is 1. The molecule has 1 saturated heterocycles. The summed E-state index contributed by atoms with van der Waals surface area (Å²) >= 11 is 0. The number of hydrogen-bond donors (Lipinski definition) is 2. The quantitative estimate of drug-likeness (QED) is 0.534. The first-order valence-electron chi connectivity index (χ1n) is 12.7. The standard InChI is InChI=1S/C29H36N2O6/c1-18(2)15-30-29(26(33)34)14-24(25(32)37-28(3,4)5)31(17-29)27(35)36-16-23-21-12-8-6-10-19(21)20-11-7-9-13-22(20)23/h6-13,18,23-24,30H,14-17H2,1-5H3,(H,33,34). The molecule has 4 rings (SSSR count). The van der Waals surface area contributed by atoms with Crippen LogP contribution in [-0.2, 0) is 19.1 Å². The van der Waals surface area contributed by atoms with Crippen molar-refractivity contribution >= 4 is 18.0 Å². The normalized spacial score (nSPS) is 21.0. The molecule has 1 amide bonds. The van der Waals surface area contributed by atoms with Crippen molar-refractivity contribution in [1.82, 2.24) is 10.2 Å². The van der Waals surface area contributed by atoms with Gasteiger partial charge in [-0.05, 0) is 55.5 Å². The predicted molar refractivity (Wildman–Crippen MR) is 139 cm³/mol. The number of ether oxygens (including phenoxy) is 2. The van der Waals surface area contributed by atoms with E-state index in [9.17, 15) is 19.5 Å². The van der Waals surface area contributed by atoms with Gasteiger partial charge in [0.1, 0.15) is 23.8 Å². The van der Waals surface area contributed by atoms with Crippen molar-refractivity contribution in [1.29, 1.82) is 0 Å². The number of carboxylic acids is 1. The van der Waals surface area contributed by atoms with Crippen molar-refractivity contribution in [2.24, 2.45) is 5.92 Å². The highest BCUT2D eigenvalue weighted by Gasteiger charge is 2.55. The summed E-state index contributed by atoms with van der Waals surface area (Å²) in [5.74, 6) is -1.73. The molecule has 0 bridgehead atoms. The molecule has 8 nitrogen and oxygen atoms in total. The van der Waals surface area contributed by atoms with E-state index >= 15 is 0 Å². The molecule has 2 atom stereocenters. The van der Waals surface area contributed by atoms with Crippen LogP contribution in [0.3, 0.4) is 0 Å². The number of fused-ring (bicyclic) bond motifs is 3. The molecule has 0 saturated carbocycles. The minimum Gasteiger partial charge on any atom is -0.480 e. The van der Waals surface area contributed by atoms with Crippen molar-refractivity contribution in [3.63, 3.8) is 0 Å². The molecular weight excluding hydrogens is 472 g/mol. The van der Waals surface area contributed by atoms with Gasteiger partial charge < -0.3 is 19.9 Å². The van der Waals surface area contributed by atoms with Gasteiger partial charge in [0.25, 0.3) is 0 Å². The Morgan fingerprint density at radius 3 is 2.14 bits per heavy atom. The third kappa shape index (κ3) is 5.49. The Bertz CT molecular complexity index is 1140. The van der Waals surface area contributed by atoms with Crippen molar-refractivity contribution in [3.8, 4) is 11.1 Å². The number of rotatable bonds is 7. The van der Waals surface area contributed by atoms with E-state index in [2.05, 4.69) is 17.4 Å². The van der Waals surface area contributed by atoms with Gasteiger partial charge in [0.2, 0.25) is 0 Å². The van der Waals surface area contributed by atoms with Crippen LogP contribution in [0.4, 0.5) is 4.79 Å². The molecule has 2 aromatic rings. The van der Waals surface area contributed by atoms with Gasteiger partial charge in [-0.15, -0.1) is 0 Å². The molecule has 0 aromatic heterocycles. The fourth-order valence-corrected chi connectivity index (χ4v) is 5.11. The molecule has 1 heterocycles. The zero-order valence-electron chi connectivity index (χ0n) is 22.1. The van der Waals surface area contributed by atoms with Crippen LogP contribution in [0.5, 0.6) is 0 Å². The number of benzene rings is 2. The minimum atomic E-state index is -1.47. The Morgan fingerprint density at radius 1 is 1.05 bits per heavy atom. The van der Waals surface area contributed by atoms with Gasteiger partial charge in [-0.1, -0.05) is 62.4 Å².